The van der Waals surface area contributed by atoms with Gasteiger partial charge in [0.1, 0.15) is 11.4 Å². The number of anilines is 1. The highest BCUT2D eigenvalue weighted by atomic mass is 35.5. The Bertz CT molecular complexity index is 1950. The minimum absolute atomic E-state index is 0.116. The first-order valence-electron chi connectivity index (χ1n) is 14.2. The molecule has 0 spiro atoms. The SMILES string of the molecule is COc1nc(-c2ccc(F)c(-c3cccc(NC(=O)c4cn(C)c(=O)n(C)c4=O)c3C)c2Cl)cc2c1C(N1CC(O)C1)CC2. The van der Waals surface area contributed by atoms with Crippen LogP contribution in [0.1, 0.15) is 39.5 Å². The van der Waals surface area contributed by atoms with Gasteiger partial charge in [-0.05, 0) is 60.7 Å². The minimum atomic E-state index is -0.729. The van der Waals surface area contributed by atoms with E-state index >= 15 is 4.39 Å². The molecular formula is C32H31ClFN5O5. The van der Waals surface area contributed by atoms with Gasteiger partial charge in [0.2, 0.25) is 5.88 Å². The maximum absolute atomic E-state index is 15.5. The lowest BCUT2D eigenvalue weighted by Gasteiger charge is -2.40. The summed E-state index contributed by atoms with van der Waals surface area (Å²) in [5.41, 5.74) is 3.12. The van der Waals surface area contributed by atoms with E-state index in [0.717, 1.165) is 33.1 Å². The average molecular weight is 620 g/mol. The number of nitrogens with one attached hydrogen (secondary N) is 1. The van der Waals surface area contributed by atoms with Gasteiger partial charge < -0.3 is 19.7 Å². The molecule has 2 N–H and O–H groups in total. The van der Waals surface area contributed by atoms with Crippen molar-refractivity contribution in [3.05, 3.63) is 96.5 Å². The van der Waals surface area contributed by atoms with E-state index in [-0.39, 0.29) is 28.3 Å². The molecular weight excluding hydrogens is 589 g/mol. The summed E-state index contributed by atoms with van der Waals surface area (Å²) in [4.78, 5) is 44.8. The number of aromatic nitrogens is 3. The lowest BCUT2D eigenvalue weighted by atomic mass is 9.95. The third-order valence-electron chi connectivity index (χ3n) is 8.56. The van der Waals surface area contributed by atoms with Crippen molar-refractivity contribution in [3.63, 3.8) is 0 Å². The number of hydrogen-bond donors (Lipinski definition) is 2. The summed E-state index contributed by atoms with van der Waals surface area (Å²) in [6.45, 7) is 2.95. The van der Waals surface area contributed by atoms with E-state index in [9.17, 15) is 19.5 Å². The molecule has 0 saturated carbocycles. The number of β-amino-alcohol motifs (C(OH)–C–C–N with tert-alkyl or cyclic N) is 1. The molecule has 10 nitrogen and oxygen atoms in total. The quantitative estimate of drug-likeness (QED) is 0.337. The van der Waals surface area contributed by atoms with Crippen molar-refractivity contribution in [3.8, 4) is 28.3 Å². The second-order valence-corrected chi connectivity index (χ2v) is 11.6. The van der Waals surface area contributed by atoms with Gasteiger partial charge in [0.05, 0.1) is 23.9 Å². The molecule has 1 saturated heterocycles. The molecule has 1 aliphatic heterocycles. The maximum Gasteiger partial charge on any atom is 0.330 e. The number of methoxy groups -OCH3 is 1. The number of fused-ring (bicyclic) bond motifs is 1. The smallest absolute Gasteiger partial charge is 0.330 e. The Labute approximate surface area is 257 Å². The van der Waals surface area contributed by atoms with Crippen molar-refractivity contribution in [2.24, 2.45) is 14.1 Å². The van der Waals surface area contributed by atoms with Crippen LogP contribution < -0.4 is 21.3 Å². The summed E-state index contributed by atoms with van der Waals surface area (Å²) in [6.07, 6.45) is 2.57. The van der Waals surface area contributed by atoms with E-state index in [4.69, 9.17) is 21.3 Å². The number of hydrogen-bond acceptors (Lipinski definition) is 7. The lowest BCUT2D eigenvalue weighted by Crippen LogP contribution is -2.51. The van der Waals surface area contributed by atoms with E-state index in [1.54, 1.807) is 38.3 Å². The highest BCUT2D eigenvalue weighted by Gasteiger charge is 2.38. The zero-order valence-electron chi connectivity index (χ0n) is 24.6. The number of benzene rings is 2. The molecule has 228 valence electrons. The van der Waals surface area contributed by atoms with Crippen molar-refractivity contribution < 1.29 is 19.0 Å². The predicted molar refractivity (Wildman–Crippen MR) is 165 cm³/mol. The summed E-state index contributed by atoms with van der Waals surface area (Å²) in [6, 6.07) is 10.00. The van der Waals surface area contributed by atoms with Crippen LogP contribution in [-0.4, -0.2) is 56.3 Å². The van der Waals surface area contributed by atoms with Crippen LogP contribution in [0.2, 0.25) is 5.02 Å². The zero-order valence-corrected chi connectivity index (χ0v) is 25.4. The highest BCUT2D eigenvalue weighted by Crippen LogP contribution is 2.46. The van der Waals surface area contributed by atoms with Crippen LogP contribution in [0.25, 0.3) is 22.4 Å². The molecule has 1 unspecified atom stereocenters. The first-order chi connectivity index (χ1) is 21.0. The fourth-order valence-electron chi connectivity index (χ4n) is 6.18. The van der Waals surface area contributed by atoms with Gasteiger partial charge in [-0.3, -0.25) is 19.1 Å². The largest absolute Gasteiger partial charge is 0.481 e. The number of pyridine rings is 1. The maximum atomic E-state index is 15.5. The van der Waals surface area contributed by atoms with Gasteiger partial charge in [0, 0.05) is 61.8 Å². The van der Waals surface area contributed by atoms with Gasteiger partial charge in [-0.2, -0.15) is 0 Å². The molecule has 0 bridgehead atoms. The number of aryl methyl sites for hydroxylation is 2. The standard InChI is InChI=1S/C32H31ClFN5O5/c1-16-19(6-5-7-23(16)35-29(41)21-15-37(2)32(43)38(3)31(21)42)27-22(34)10-9-20(28(27)33)24-12-17-8-11-25(39-13-18(40)14-39)26(17)30(36-24)44-4/h5-7,9-10,12,15,18,25,40H,8,11,13-14H2,1-4H3,(H,35,41). The topological polar surface area (TPSA) is 119 Å². The fourth-order valence-corrected chi connectivity index (χ4v) is 6.53. The van der Waals surface area contributed by atoms with Crippen LogP contribution in [0.5, 0.6) is 5.88 Å². The van der Waals surface area contributed by atoms with Gasteiger partial charge in [-0.25, -0.2) is 14.2 Å². The van der Waals surface area contributed by atoms with Crippen LogP contribution in [-0.2, 0) is 20.5 Å². The first-order valence-corrected chi connectivity index (χ1v) is 14.5. The summed E-state index contributed by atoms with van der Waals surface area (Å²) in [7, 11) is 4.31. The Morgan fingerprint density at radius 2 is 1.91 bits per heavy atom. The molecule has 4 aromatic rings. The lowest BCUT2D eigenvalue weighted by molar-refractivity contribution is -0.0256. The molecule has 3 heterocycles. The van der Waals surface area contributed by atoms with Crippen molar-refractivity contribution in [1.82, 2.24) is 19.0 Å². The molecule has 2 aromatic carbocycles. The van der Waals surface area contributed by atoms with Crippen molar-refractivity contribution in [2.45, 2.75) is 31.9 Å². The number of ether oxygens (including phenoxy) is 1. The summed E-state index contributed by atoms with van der Waals surface area (Å²) < 4.78 is 23.2. The summed E-state index contributed by atoms with van der Waals surface area (Å²) >= 11 is 6.93. The van der Waals surface area contributed by atoms with Gasteiger partial charge >= 0.3 is 5.69 Å². The molecule has 1 fully saturated rings. The Hall–Kier alpha value is -4.32. The normalized spacial score (nSPS) is 16.5. The Kier molecular flexibility index (Phi) is 7.64. The van der Waals surface area contributed by atoms with Crippen molar-refractivity contribution in [2.75, 3.05) is 25.5 Å². The van der Waals surface area contributed by atoms with Crippen LogP contribution >= 0.6 is 11.6 Å². The Balaban J connectivity index is 1.37. The monoisotopic (exact) mass is 619 g/mol. The predicted octanol–water partition coefficient (Wildman–Crippen LogP) is 3.84. The molecule has 12 heteroatoms. The van der Waals surface area contributed by atoms with Crippen LogP contribution in [0.15, 0.2) is 52.2 Å². The van der Waals surface area contributed by atoms with Crippen molar-refractivity contribution >= 4 is 23.2 Å². The molecule has 6 rings (SSSR count). The summed E-state index contributed by atoms with van der Waals surface area (Å²) in [5, 5.41) is 12.7. The molecule has 1 amide bonds. The molecule has 1 aliphatic carbocycles. The summed E-state index contributed by atoms with van der Waals surface area (Å²) in [5.74, 6) is -0.780. The van der Waals surface area contributed by atoms with Gasteiger partial charge in [-0.15, -0.1) is 0 Å². The second-order valence-electron chi connectivity index (χ2n) is 11.3. The van der Waals surface area contributed by atoms with Gasteiger partial charge in [-0.1, -0.05) is 23.7 Å². The van der Waals surface area contributed by atoms with E-state index in [1.807, 2.05) is 6.07 Å². The third-order valence-corrected chi connectivity index (χ3v) is 8.96. The number of halogens is 2. The highest BCUT2D eigenvalue weighted by molar-refractivity contribution is 6.36. The number of carbonyl (C=O) groups excluding carboxylic acids is 1. The molecule has 0 radical (unpaired) electrons. The zero-order chi connectivity index (χ0) is 31.4. The first kappa shape index (κ1) is 29.7. The number of nitrogens with zero attached hydrogens (tertiary/aromatic N) is 4. The average Bonchev–Trinajstić information content (AvgIpc) is 3.41. The van der Waals surface area contributed by atoms with Gasteiger partial charge in [0.25, 0.3) is 11.5 Å². The second kappa shape index (κ2) is 11.3. The molecule has 1 atom stereocenters. The van der Waals surface area contributed by atoms with Crippen LogP contribution in [0, 0.1) is 12.7 Å². The van der Waals surface area contributed by atoms with E-state index < -0.39 is 23.0 Å². The number of aliphatic hydroxyl groups is 1. The Morgan fingerprint density at radius 1 is 1.16 bits per heavy atom. The number of aliphatic hydroxyl groups excluding tert-OH is 1. The Morgan fingerprint density at radius 3 is 2.61 bits per heavy atom. The van der Waals surface area contributed by atoms with E-state index in [2.05, 4.69) is 10.2 Å². The third kappa shape index (κ3) is 4.90. The molecule has 2 aliphatic rings. The number of carbonyl (C=O) groups is 1. The van der Waals surface area contributed by atoms with Gasteiger partial charge in [0.15, 0.2) is 0 Å². The number of rotatable bonds is 6. The van der Waals surface area contributed by atoms with Crippen LogP contribution in [0.3, 0.4) is 0 Å². The van der Waals surface area contributed by atoms with E-state index in [0.29, 0.717) is 47.0 Å². The molecule has 44 heavy (non-hydrogen) atoms. The fraction of sp³-hybridized carbons (Fsp3) is 0.312. The van der Waals surface area contributed by atoms with Crippen LogP contribution in [0.4, 0.5) is 10.1 Å². The minimum Gasteiger partial charge on any atom is -0.481 e. The van der Waals surface area contributed by atoms with Crippen molar-refractivity contribution in [1.29, 1.82) is 0 Å². The van der Waals surface area contributed by atoms with E-state index in [1.165, 1.54) is 26.4 Å². The molecule has 2 aromatic heterocycles. The number of likely N-dealkylation sites (tertiary alicyclic amines) is 1. The number of amides is 1.